The van der Waals surface area contributed by atoms with E-state index in [-0.39, 0.29) is 15.4 Å². The van der Waals surface area contributed by atoms with E-state index >= 15 is 0 Å². The van der Waals surface area contributed by atoms with Crippen molar-refractivity contribution in [3.63, 3.8) is 0 Å². The average Bonchev–Trinajstić information content (AvgIpc) is 2.48. The molecule has 0 saturated carbocycles. The summed E-state index contributed by atoms with van der Waals surface area (Å²) in [6.45, 7) is 0. The van der Waals surface area contributed by atoms with Crippen molar-refractivity contribution in [3.8, 4) is 0 Å². The van der Waals surface area contributed by atoms with Gasteiger partial charge in [0.15, 0.2) is 0 Å². The van der Waals surface area contributed by atoms with Gasteiger partial charge in [-0.3, -0.25) is 4.79 Å². The highest BCUT2D eigenvalue weighted by atomic mass is 79.9. The molecule has 0 aliphatic rings. The van der Waals surface area contributed by atoms with Gasteiger partial charge in [0.25, 0.3) is 5.91 Å². The van der Waals surface area contributed by atoms with Crippen LogP contribution in [0.15, 0.2) is 46.9 Å². The minimum Gasteiger partial charge on any atom is -0.389 e. The summed E-state index contributed by atoms with van der Waals surface area (Å²) in [4.78, 5) is 14.1. The Morgan fingerprint density at radius 2 is 1.95 bits per heavy atom. The van der Waals surface area contributed by atoms with Crippen LogP contribution in [-0.4, -0.2) is 17.9 Å². The molecule has 108 valence electrons. The van der Waals surface area contributed by atoms with E-state index in [2.05, 4.69) is 15.9 Å². The second-order valence-electron chi connectivity index (χ2n) is 4.41. The molecule has 0 atom stereocenters. The first-order valence-corrected chi connectivity index (χ1v) is 7.23. The lowest BCUT2D eigenvalue weighted by molar-refractivity contribution is 0.0993. The molecule has 6 heteroatoms. The summed E-state index contributed by atoms with van der Waals surface area (Å²) in [6, 6.07) is 11.2. The maximum absolute atomic E-state index is 13.2. The molecule has 1 amide bonds. The summed E-state index contributed by atoms with van der Waals surface area (Å²) < 4.78 is 13.5. The van der Waals surface area contributed by atoms with Crippen LogP contribution in [0.2, 0.25) is 0 Å². The summed E-state index contributed by atoms with van der Waals surface area (Å²) in [7, 11) is 1.64. The van der Waals surface area contributed by atoms with Crippen molar-refractivity contribution in [2.24, 2.45) is 5.73 Å². The Balaban J connectivity index is 2.32. The van der Waals surface area contributed by atoms with Crippen LogP contribution in [0.1, 0.15) is 15.9 Å². The average molecular weight is 367 g/mol. The first kappa shape index (κ1) is 15.6. The smallest absolute Gasteiger partial charge is 0.258 e. The second kappa shape index (κ2) is 6.32. The molecule has 0 spiro atoms. The minimum absolute atomic E-state index is 0.249. The fraction of sp³-hybridized carbons (Fsp3) is 0.0667. The van der Waals surface area contributed by atoms with Crippen LogP contribution in [0.3, 0.4) is 0 Å². The number of amides is 1. The van der Waals surface area contributed by atoms with Crippen molar-refractivity contribution < 1.29 is 9.18 Å². The van der Waals surface area contributed by atoms with Gasteiger partial charge in [0.2, 0.25) is 0 Å². The van der Waals surface area contributed by atoms with E-state index in [4.69, 9.17) is 18.0 Å². The number of benzene rings is 2. The molecule has 2 aromatic carbocycles. The van der Waals surface area contributed by atoms with Gasteiger partial charge in [0.05, 0.1) is 4.47 Å². The summed E-state index contributed by atoms with van der Waals surface area (Å²) >= 11 is 8.00. The maximum Gasteiger partial charge on any atom is 0.258 e. The second-order valence-corrected chi connectivity index (χ2v) is 5.70. The maximum atomic E-state index is 13.2. The van der Waals surface area contributed by atoms with Gasteiger partial charge < -0.3 is 10.6 Å². The number of nitrogens with zero attached hydrogens (tertiary/aromatic N) is 1. The zero-order valence-electron chi connectivity index (χ0n) is 11.1. The fourth-order valence-electron chi connectivity index (χ4n) is 1.81. The van der Waals surface area contributed by atoms with Gasteiger partial charge in [-0.05, 0) is 46.3 Å². The van der Waals surface area contributed by atoms with Crippen LogP contribution >= 0.6 is 28.1 Å². The standard InChI is InChI=1S/C15H12BrFN2OS/c1-19(11-4-2-3-9(7-11)14(18)21)15(20)10-5-6-13(17)12(16)8-10/h2-8H,1H3,(H2,18,21). The summed E-state index contributed by atoms with van der Waals surface area (Å²) in [5, 5.41) is 0. The van der Waals surface area contributed by atoms with Gasteiger partial charge in [-0.1, -0.05) is 24.4 Å². The van der Waals surface area contributed by atoms with Crippen molar-refractivity contribution in [2.45, 2.75) is 0 Å². The largest absolute Gasteiger partial charge is 0.389 e. The van der Waals surface area contributed by atoms with Crippen LogP contribution in [-0.2, 0) is 0 Å². The monoisotopic (exact) mass is 366 g/mol. The third kappa shape index (κ3) is 3.46. The zero-order chi connectivity index (χ0) is 15.6. The first-order valence-electron chi connectivity index (χ1n) is 6.03. The summed E-state index contributed by atoms with van der Waals surface area (Å²) in [5.74, 6) is -0.666. The molecule has 0 aliphatic carbocycles. The van der Waals surface area contributed by atoms with Crippen molar-refractivity contribution in [1.82, 2.24) is 0 Å². The Morgan fingerprint density at radius 1 is 1.24 bits per heavy atom. The molecular formula is C15H12BrFN2OS. The van der Waals surface area contributed by atoms with Crippen LogP contribution < -0.4 is 10.6 Å². The third-order valence-corrected chi connectivity index (χ3v) is 3.83. The van der Waals surface area contributed by atoms with E-state index in [1.54, 1.807) is 31.3 Å². The van der Waals surface area contributed by atoms with E-state index in [1.165, 1.54) is 23.1 Å². The Morgan fingerprint density at radius 3 is 2.57 bits per heavy atom. The molecule has 0 fully saturated rings. The number of halogens is 2. The molecule has 21 heavy (non-hydrogen) atoms. The fourth-order valence-corrected chi connectivity index (χ4v) is 2.31. The highest BCUT2D eigenvalue weighted by Gasteiger charge is 2.15. The SMILES string of the molecule is CN(C(=O)c1ccc(F)c(Br)c1)c1cccc(C(N)=S)c1. The number of anilines is 1. The van der Waals surface area contributed by atoms with Gasteiger partial charge in [0.1, 0.15) is 10.8 Å². The highest BCUT2D eigenvalue weighted by Crippen LogP contribution is 2.21. The number of hydrogen-bond donors (Lipinski definition) is 1. The number of rotatable bonds is 3. The Labute approximate surface area is 135 Å². The number of hydrogen-bond acceptors (Lipinski definition) is 2. The normalized spacial score (nSPS) is 10.2. The number of nitrogens with two attached hydrogens (primary N) is 1. The molecule has 0 radical (unpaired) electrons. The molecule has 0 unspecified atom stereocenters. The van der Waals surface area contributed by atoms with Crippen LogP contribution in [0.4, 0.5) is 10.1 Å². The lowest BCUT2D eigenvalue weighted by Gasteiger charge is -2.18. The van der Waals surface area contributed by atoms with E-state index in [0.717, 1.165) is 0 Å². The van der Waals surface area contributed by atoms with Crippen molar-refractivity contribution in [2.75, 3.05) is 11.9 Å². The molecule has 2 N–H and O–H groups in total. The van der Waals surface area contributed by atoms with Crippen molar-refractivity contribution >= 4 is 44.7 Å². The number of carbonyl (C=O) groups excluding carboxylic acids is 1. The third-order valence-electron chi connectivity index (χ3n) is 2.99. The number of thiocarbonyl (C=S) groups is 1. The number of carbonyl (C=O) groups is 1. The Kier molecular flexibility index (Phi) is 4.69. The lowest BCUT2D eigenvalue weighted by Crippen LogP contribution is -2.26. The van der Waals surface area contributed by atoms with E-state index in [9.17, 15) is 9.18 Å². The minimum atomic E-state index is -0.412. The van der Waals surface area contributed by atoms with Crippen LogP contribution in [0.25, 0.3) is 0 Å². The Bertz CT molecular complexity index is 721. The molecule has 0 aromatic heterocycles. The molecule has 3 nitrogen and oxygen atoms in total. The molecule has 0 heterocycles. The van der Waals surface area contributed by atoms with Crippen LogP contribution in [0, 0.1) is 5.82 Å². The van der Waals surface area contributed by atoms with Gasteiger partial charge in [0, 0.05) is 23.9 Å². The summed E-state index contributed by atoms with van der Waals surface area (Å²) in [5.41, 5.74) is 7.31. The summed E-state index contributed by atoms with van der Waals surface area (Å²) in [6.07, 6.45) is 0. The van der Waals surface area contributed by atoms with Gasteiger partial charge in [-0.15, -0.1) is 0 Å². The molecular weight excluding hydrogens is 355 g/mol. The molecule has 0 saturated heterocycles. The quantitative estimate of drug-likeness (QED) is 0.845. The van der Waals surface area contributed by atoms with Gasteiger partial charge in [-0.25, -0.2) is 4.39 Å². The predicted octanol–water partition coefficient (Wildman–Crippen LogP) is 3.50. The molecule has 2 rings (SSSR count). The van der Waals surface area contributed by atoms with E-state index in [1.807, 2.05) is 0 Å². The van der Waals surface area contributed by atoms with E-state index < -0.39 is 5.82 Å². The predicted molar refractivity (Wildman–Crippen MR) is 89.2 cm³/mol. The highest BCUT2D eigenvalue weighted by molar-refractivity contribution is 9.10. The van der Waals surface area contributed by atoms with Gasteiger partial charge >= 0.3 is 0 Å². The lowest BCUT2D eigenvalue weighted by atomic mass is 10.1. The van der Waals surface area contributed by atoms with Crippen molar-refractivity contribution in [1.29, 1.82) is 0 Å². The van der Waals surface area contributed by atoms with Gasteiger partial charge in [-0.2, -0.15) is 0 Å². The Hall–Kier alpha value is -1.79. The van der Waals surface area contributed by atoms with Crippen molar-refractivity contribution in [3.05, 3.63) is 63.9 Å². The molecule has 0 aliphatic heterocycles. The topological polar surface area (TPSA) is 46.3 Å². The zero-order valence-corrected chi connectivity index (χ0v) is 13.5. The van der Waals surface area contributed by atoms with E-state index in [0.29, 0.717) is 16.8 Å². The van der Waals surface area contributed by atoms with Crippen LogP contribution in [0.5, 0.6) is 0 Å². The first-order chi connectivity index (χ1) is 9.90. The molecule has 2 aromatic rings. The molecule has 0 bridgehead atoms.